The zero-order valence-electron chi connectivity index (χ0n) is 16.7. The predicted molar refractivity (Wildman–Crippen MR) is 105 cm³/mol. The Morgan fingerprint density at radius 2 is 1.89 bits per heavy atom. The van der Waals surface area contributed by atoms with E-state index < -0.39 is 0 Å². The van der Waals surface area contributed by atoms with Gasteiger partial charge >= 0.3 is 0 Å². The molecule has 0 unspecified atom stereocenters. The van der Waals surface area contributed by atoms with E-state index in [0.29, 0.717) is 32.2 Å². The van der Waals surface area contributed by atoms with Crippen molar-refractivity contribution in [3.63, 3.8) is 0 Å². The highest BCUT2D eigenvalue weighted by atomic mass is 16.5. The summed E-state index contributed by atoms with van der Waals surface area (Å²) in [6, 6.07) is 7.80. The van der Waals surface area contributed by atoms with Gasteiger partial charge in [-0.3, -0.25) is 4.79 Å². The Bertz CT molecular complexity index is 775. The second kappa shape index (κ2) is 8.57. The van der Waals surface area contributed by atoms with Gasteiger partial charge in [0, 0.05) is 13.1 Å². The standard InChI is InChI=1S/C21H29N3O3/c1-5-19-20(21(25)23-10-12-27-13-11-23)18(14-15(2)3)22-24(19)16-6-8-17(26-4)9-7-16/h6-9,15H,5,10-14H2,1-4H3. The summed E-state index contributed by atoms with van der Waals surface area (Å²) in [4.78, 5) is 15.2. The van der Waals surface area contributed by atoms with E-state index in [4.69, 9.17) is 14.6 Å². The molecule has 1 aromatic heterocycles. The number of carbonyl (C=O) groups excluding carboxylic acids is 1. The summed E-state index contributed by atoms with van der Waals surface area (Å²) in [5, 5.41) is 4.86. The zero-order valence-corrected chi connectivity index (χ0v) is 16.7. The van der Waals surface area contributed by atoms with Gasteiger partial charge in [-0.05, 0) is 43.0 Å². The largest absolute Gasteiger partial charge is 0.497 e. The second-order valence-corrected chi connectivity index (χ2v) is 7.23. The average molecular weight is 371 g/mol. The average Bonchev–Trinajstić information content (AvgIpc) is 3.05. The van der Waals surface area contributed by atoms with Crippen LogP contribution in [0.15, 0.2) is 24.3 Å². The van der Waals surface area contributed by atoms with Gasteiger partial charge in [-0.2, -0.15) is 5.10 Å². The Hall–Kier alpha value is -2.34. The Morgan fingerprint density at radius 1 is 1.22 bits per heavy atom. The molecule has 2 aromatic rings. The Labute approximate surface area is 161 Å². The van der Waals surface area contributed by atoms with Crippen LogP contribution in [0, 0.1) is 5.92 Å². The molecule has 0 atom stereocenters. The lowest BCUT2D eigenvalue weighted by Gasteiger charge is -2.27. The van der Waals surface area contributed by atoms with Crippen molar-refractivity contribution in [3.05, 3.63) is 41.2 Å². The number of amides is 1. The first-order valence-corrected chi connectivity index (χ1v) is 9.67. The van der Waals surface area contributed by atoms with E-state index in [1.165, 1.54) is 0 Å². The molecule has 1 fully saturated rings. The van der Waals surface area contributed by atoms with E-state index in [1.54, 1.807) is 7.11 Å². The molecule has 1 aliphatic rings. The normalized spacial score (nSPS) is 14.6. The van der Waals surface area contributed by atoms with Crippen LogP contribution >= 0.6 is 0 Å². The maximum absolute atomic E-state index is 13.3. The molecule has 1 amide bonds. The minimum Gasteiger partial charge on any atom is -0.497 e. The summed E-state index contributed by atoms with van der Waals surface area (Å²) in [5.74, 6) is 1.30. The number of carbonyl (C=O) groups is 1. The number of hydrogen-bond donors (Lipinski definition) is 0. The highest BCUT2D eigenvalue weighted by Crippen LogP contribution is 2.25. The molecular weight excluding hydrogens is 342 g/mol. The van der Waals surface area contributed by atoms with Crippen LogP contribution in [0.25, 0.3) is 5.69 Å². The molecule has 1 aromatic carbocycles. The van der Waals surface area contributed by atoms with Gasteiger partial charge in [0.05, 0.1) is 43.0 Å². The van der Waals surface area contributed by atoms with Gasteiger partial charge in [-0.15, -0.1) is 0 Å². The van der Waals surface area contributed by atoms with Gasteiger partial charge in [0.1, 0.15) is 5.75 Å². The first-order valence-electron chi connectivity index (χ1n) is 9.67. The molecule has 1 aliphatic heterocycles. The summed E-state index contributed by atoms with van der Waals surface area (Å²) in [5.41, 5.74) is 3.56. The number of ether oxygens (including phenoxy) is 2. The Morgan fingerprint density at radius 3 is 2.44 bits per heavy atom. The lowest BCUT2D eigenvalue weighted by atomic mass is 10.0. The first kappa shape index (κ1) is 19.4. The third-order valence-corrected chi connectivity index (χ3v) is 4.82. The van der Waals surface area contributed by atoms with Crippen molar-refractivity contribution in [2.75, 3.05) is 33.4 Å². The van der Waals surface area contributed by atoms with E-state index in [1.807, 2.05) is 33.8 Å². The number of nitrogens with zero attached hydrogens (tertiary/aromatic N) is 3. The monoisotopic (exact) mass is 371 g/mol. The van der Waals surface area contributed by atoms with E-state index in [0.717, 1.165) is 41.2 Å². The van der Waals surface area contributed by atoms with E-state index in [2.05, 4.69) is 20.8 Å². The molecule has 27 heavy (non-hydrogen) atoms. The van der Waals surface area contributed by atoms with Crippen LogP contribution in [0.1, 0.15) is 42.5 Å². The van der Waals surface area contributed by atoms with Crippen molar-refractivity contribution in [2.24, 2.45) is 5.92 Å². The summed E-state index contributed by atoms with van der Waals surface area (Å²) >= 11 is 0. The van der Waals surface area contributed by atoms with Crippen molar-refractivity contribution >= 4 is 5.91 Å². The number of rotatable bonds is 6. The van der Waals surface area contributed by atoms with Crippen LogP contribution in [0.4, 0.5) is 0 Å². The molecule has 6 nitrogen and oxygen atoms in total. The fourth-order valence-electron chi connectivity index (χ4n) is 3.47. The van der Waals surface area contributed by atoms with Gasteiger partial charge in [-0.25, -0.2) is 4.68 Å². The van der Waals surface area contributed by atoms with Crippen molar-refractivity contribution in [1.82, 2.24) is 14.7 Å². The van der Waals surface area contributed by atoms with Crippen LogP contribution in [-0.2, 0) is 17.6 Å². The van der Waals surface area contributed by atoms with Crippen molar-refractivity contribution in [1.29, 1.82) is 0 Å². The lowest BCUT2D eigenvalue weighted by molar-refractivity contribution is 0.0301. The third-order valence-electron chi connectivity index (χ3n) is 4.82. The summed E-state index contributed by atoms with van der Waals surface area (Å²) in [7, 11) is 1.65. The van der Waals surface area contributed by atoms with Gasteiger partial charge < -0.3 is 14.4 Å². The van der Waals surface area contributed by atoms with Gasteiger partial charge in [0.15, 0.2) is 0 Å². The van der Waals surface area contributed by atoms with E-state index >= 15 is 0 Å². The molecule has 6 heteroatoms. The highest BCUT2D eigenvalue weighted by molar-refractivity contribution is 5.96. The summed E-state index contributed by atoms with van der Waals surface area (Å²) in [6.07, 6.45) is 1.52. The summed E-state index contributed by atoms with van der Waals surface area (Å²) < 4.78 is 12.6. The fraction of sp³-hybridized carbons (Fsp3) is 0.524. The molecule has 0 N–H and O–H groups in total. The van der Waals surface area contributed by atoms with Crippen molar-refractivity contribution in [3.8, 4) is 11.4 Å². The topological polar surface area (TPSA) is 56.6 Å². The molecule has 1 saturated heterocycles. The van der Waals surface area contributed by atoms with Gasteiger partial charge in [0.25, 0.3) is 5.91 Å². The molecule has 0 aliphatic carbocycles. The maximum atomic E-state index is 13.3. The maximum Gasteiger partial charge on any atom is 0.257 e. The van der Waals surface area contributed by atoms with Crippen LogP contribution in [-0.4, -0.2) is 54.0 Å². The van der Waals surface area contributed by atoms with Crippen LogP contribution in [0.3, 0.4) is 0 Å². The molecule has 0 saturated carbocycles. The lowest BCUT2D eigenvalue weighted by Crippen LogP contribution is -2.41. The molecule has 0 radical (unpaired) electrons. The summed E-state index contributed by atoms with van der Waals surface area (Å²) in [6.45, 7) is 8.85. The van der Waals surface area contributed by atoms with Crippen LogP contribution in [0.2, 0.25) is 0 Å². The number of aromatic nitrogens is 2. The number of morpholine rings is 1. The Balaban J connectivity index is 2.06. The zero-order chi connectivity index (χ0) is 19.4. The smallest absolute Gasteiger partial charge is 0.257 e. The van der Waals surface area contributed by atoms with E-state index in [9.17, 15) is 4.79 Å². The first-order chi connectivity index (χ1) is 13.0. The Kier molecular flexibility index (Phi) is 6.16. The van der Waals surface area contributed by atoms with E-state index in [-0.39, 0.29) is 5.91 Å². The van der Waals surface area contributed by atoms with Gasteiger partial charge in [0.2, 0.25) is 0 Å². The predicted octanol–water partition coefficient (Wildman–Crippen LogP) is 3.11. The number of hydrogen-bond acceptors (Lipinski definition) is 4. The highest BCUT2D eigenvalue weighted by Gasteiger charge is 2.28. The molecule has 0 bridgehead atoms. The number of methoxy groups -OCH3 is 1. The SMILES string of the molecule is CCc1c(C(=O)N2CCOCC2)c(CC(C)C)nn1-c1ccc(OC)cc1. The molecule has 0 spiro atoms. The van der Waals surface area contributed by atoms with Gasteiger partial charge in [-0.1, -0.05) is 20.8 Å². The van der Waals surface area contributed by atoms with Crippen molar-refractivity contribution < 1.29 is 14.3 Å². The molecule has 146 valence electrons. The third kappa shape index (κ3) is 4.16. The van der Waals surface area contributed by atoms with Crippen LogP contribution < -0.4 is 4.74 Å². The fourth-order valence-corrected chi connectivity index (χ4v) is 3.47. The number of benzene rings is 1. The molecular formula is C21H29N3O3. The van der Waals surface area contributed by atoms with Crippen LogP contribution in [0.5, 0.6) is 5.75 Å². The molecule has 2 heterocycles. The second-order valence-electron chi connectivity index (χ2n) is 7.23. The molecule has 3 rings (SSSR count). The minimum absolute atomic E-state index is 0.0746. The minimum atomic E-state index is 0.0746. The quantitative estimate of drug-likeness (QED) is 0.783. The van der Waals surface area contributed by atoms with Crippen molar-refractivity contribution in [2.45, 2.75) is 33.6 Å².